The Kier molecular flexibility index (Phi) is 7.75. The molecule has 0 amide bonds. The third-order valence-corrected chi connectivity index (χ3v) is 10.1. The van der Waals surface area contributed by atoms with E-state index in [1.54, 1.807) is 7.11 Å². The zero-order chi connectivity index (χ0) is 23.8. The zero-order valence-corrected chi connectivity index (χ0v) is 21.5. The summed E-state index contributed by atoms with van der Waals surface area (Å²) in [5.74, 6) is 2.83. The predicted octanol–water partition coefficient (Wildman–Crippen LogP) is 5.01. The summed E-state index contributed by atoms with van der Waals surface area (Å²) in [5, 5.41) is 9.27. The van der Waals surface area contributed by atoms with E-state index in [0.717, 1.165) is 25.9 Å². The molecular weight excluding hydrogens is 416 g/mol. The normalized spacial score (nSPS) is 42.2. The molecule has 0 saturated heterocycles. The fourth-order valence-corrected chi connectivity index (χ4v) is 8.24. The quantitative estimate of drug-likeness (QED) is 0.488. The van der Waals surface area contributed by atoms with Crippen LogP contribution in [0.25, 0.3) is 0 Å². The number of hydrogen-bond donors (Lipinski definition) is 1. The molecule has 9 atom stereocenters. The van der Waals surface area contributed by atoms with Gasteiger partial charge in [0.05, 0.1) is 12.7 Å². The highest BCUT2D eigenvalue weighted by Gasteiger charge is 2.59. The fourth-order valence-electron chi connectivity index (χ4n) is 8.24. The molecule has 4 rings (SSSR count). The Labute approximate surface area is 200 Å². The second kappa shape index (κ2) is 10.1. The first-order valence-corrected chi connectivity index (χ1v) is 13.3. The third-order valence-electron chi connectivity index (χ3n) is 10.1. The lowest BCUT2D eigenvalue weighted by molar-refractivity contribution is -0.142. The van der Waals surface area contributed by atoms with E-state index in [0.29, 0.717) is 42.9 Å². The fraction of sp³-hybridized carbons (Fsp3) is 0.893. The Hall–Kier alpha value is -0.750. The van der Waals surface area contributed by atoms with Gasteiger partial charge < -0.3 is 19.3 Å². The van der Waals surface area contributed by atoms with E-state index < -0.39 is 0 Å². The van der Waals surface area contributed by atoms with Crippen LogP contribution >= 0.6 is 0 Å². The van der Waals surface area contributed by atoms with Gasteiger partial charge in [-0.25, -0.2) is 0 Å². The van der Waals surface area contributed by atoms with Crippen molar-refractivity contribution in [1.29, 1.82) is 0 Å². The van der Waals surface area contributed by atoms with E-state index >= 15 is 0 Å². The van der Waals surface area contributed by atoms with Crippen LogP contribution in [-0.2, 0) is 19.0 Å². The van der Waals surface area contributed by atoms with Crippen LogP contribution in [0.5, 0.6) is 0 Å². The highest BCUT2D eigenvalue weighted by molar-refractivity contribution is 5.94. The molecule has 0 aromatic carbocycles. The van der Waals surface area contributed by atoms with Gasteiger partial charge in [0.1, 0.15) is 6.79 Å². The summed E-state index contributed by atoms with van der Waals surface area (Å²) in [5.41, 5.74) is 1.81. The summed E-state index contributed by atoms with van der Waals surface area (Å²) >= 11 is 0. The number of ketones is 1. The van der Waals surface area contributed by atoms with Gasteiger partial charge in [0.2, 0.25) is 0 Å². The van der Waals surface area contributed by atoms with Crippen LogP contribution < -0.4 is 0 Å². The Balaban J connectivity index is 1.48. The molecule has 0 aromatic heterocycles. The molecule has 0 spiro atoms. The number of carbonyl (C=O) groups excluding carboxylic acids is 1. The van der Waals surface area contributed by atoms with Crippen molar-refractivity contribution in [2.24, 2.45) is 46.3 Å². The Morgan fingerprint density at radius 1 is 1.03 bits per heavy atom. The van der Waals surface area contributed by atoms with Crippen LogP contribution in [0.2, 0.25) is 0 Å². The van der Waals surface area contributed by atoms with Crippen LogP contribution in [0.3, 0.4) is 0 Å². The van der Waals surface area contributed by atoms with Crippen molar-refractivity contribution in [3.8, 4) is 0 Å². The topological polar surface area (TPSA) is 65.0 Å². The van der Waals surface area contributed by atoms with Gasteiger partial charge in [0, 0.05) is 32.2 Å². The van der Waals surface area contributed by atoms with Gasteiger partial charge in [-0.3, -0.25) is 4.79 Å². The monoisotopic (exact) mass is 462 g/mol. The van der Waals surface area contributed by atoms with Crippen molar-refractivity contribution in [2.75, 3.05) is 33.7 Å². The number of ether oxygens (including phenoxy) is 3. The van der Waals surface area contributed by atoms with Gasteiger partial charge in [-0.05, 0) is 85.5 Å². The molecule has 0 radical (unpaired) electrons. The van der Waals surface area contributed by atoms with Crippen molar-refractivity contribution in [3.63, 3.8) is 0 Å². The van der Waals surface area contributed by atoms with E-state index in [9.17, 15) is 9.90 Å². The number of carbonyl (C=O) groups is 1. The summed E-state index contributed by atoms with van der Waals surface area (Å²) in [6, 6.07) is 0. The first-order valence-electron chi connectivity index (χ1n) is 13.3. The Bertz CT molecular complexity index is 734. The number of aliphatic hydroxyl groups is 1. The minimum Gasteiger partial charge on any atom is -0.396 e. The van der Waals surface area contributed by atoms with Gasteiger partial charge in [-0.1, -0.05) is 33.3 Å². The smallest absolute Gasteiger partial charge is 0.159 e. The molecular formula is C28H46O5. The highest BCUT2D eigenvalue weighted by Crippen LogP contribution is 2.66. The number of allylic oxidation sites excluding steroid dienone is 2. The molecule has 0 bridgehead atoms. The molecule has 3 fully saturated rings. The van der Waals surface area contributed by atoms with Crippen LogP contribution in [-0.4, -0.2) is 50.7 Å². The van der Waals surface area contributed by atoms with Crippen molar-refractivity contribution in [3.05, 3.63) is 11.6 Å². The number of rotatable bonds is 9. The summed E-state index contributed by atoms with van der Waals surface area (Å²) < 4.78 is 17.0. The average Bonchev–Trinajstić information content (AvgIpc) is 3.15. The summed E-state index contributed by atoms with van der Waals surface area (Å²) in [6.45, 7) is 11.1. The highest BCUT2D eigenvalue weighted by atomic mass is 16.7. The van der Waals surface area contributed by atoms with E-state index in [1.165, 1.54) is 31.3 Å². The number of fused-ring (bicyclic) bond motifs is 5. The lowest BCUT2D eigenvalue weighted by atomic mass is 9.47. The zero-order valence-electron chi connectivity index (χ0n) is 21.5. The molecule has 1 N–H and O–H groups in total. The minimum absolute atomic E-state index is 0.0721. The van der Waals surface area contributed by atoms with E-state index in [2.05, 4.69) is 26.8 Å². The number of methoxy groups -OCH3 is 1. The van der Waals surface area contributed by atoms with E-state index in [1.807, 2.05) is 6.92 Å². The van der Waals surface area contributed by atoms with E-state index in [-0.39, 0.29) is 35.4 Å². The molecule has 0 heterocycles. The molecule has 0 aliphatic heterocycles. The van der Waals surface area contributed by atoms with Gasteiger partial charge >= 0.3 is 0 Å². The van der Waals surface area contributed by atoms with Gasteiger partial charge in [0.25, 0.3) is 0 Å². The Morgan fingerprint density at radius 3 is 2.48 bits per heavy atom. The maximum Gasteiger partial charge on any atom is 0.159 e. The van der Waals surface area contributed by atoms with Gasteiger partial charge in [0.15, 0.2) is 5.78 Å². The summed E-state index contributed by atoms with van der Waals surface area (Å²) in [6.07, 6.45) is 10.0. The molecule has 0 aromatic rings. The SMILES string of the molecule is COCOC1CC[C@]2(C)C3CC[C@]4(C)C([C@H](C)COCC(C)CO)CC[C@H]4C3=CC(=O)[C@H]2C1. The largest absolute Gasteiger partial charge is 0.396 e. The maximum atomic E-state index is 13.4. The molecule has 4 aliphatic rings. The molecule has 188 valence electrons. The van der Waals surface area contributed by atoms with E-state index in [4.69, 9.17) is 14.2 Å². The molecule has 4 unspecified atom stereocenters. The standard InChI is InChI=1S/C28H46O5/c1-18(14-29)15-32-16-19(2)22-6-7-23-21-13-26(30)25-12-20(33-17-31-5)8-10-28(25,4)24(21)9-11-27(22,23)3/h13,18-20,22-25,29H,6-12,14-17H2,1-5H3/t18?,19-,20?,22?,23+,24?,25-,27-,28-/m1/s1. The van der Waals surface area contributed by atoms with Crippen molar-refractivity contribution in [1.82, 2.24) is 0 Å². The molecule has 5 nitrogen and oxygen atoms in total. The average molecular weight is 463 g/mol. The first-order chi connectivity index (χ1) is 15.7. The molecule has 5 heteroatoms. The number of hydrogen-bond acceptors (Lipinski definition) is 5. The third kappa shape index (κ3) is 4.60. The van der Waals surface area contributed by atoms with Gasteiger partial charge in [-0.15, -0.1) is 0 Å². The van der Waals surface area contributed by atoms with Crippen LogP contribution in [0.4, 0.5) is 0 Å². The molecule has 4 aliphatic carbocycles. The van der Waals surface area contributed by atoms with Crippen LogP contribution in [0.15, 0.2) is 11.6 Å². The second-order valence-corrected chi connectivity index (χ2v) is 12.2. The minimum atomic E-state index is 0.0721. The lowest BCUT2D eigenvalue weighted by Gasteiger charge is -2.57. The first kappa shape index (κ1) is 25.3. The second-order valence-electron chi connectivity index (χ2n) is 12.2. The summed E-state index contributed by atoms with van der Waals surface area (Å²) in [7, 11) is 1.66. The molecule has 33 heavy (non-hydrogen) atoms. The summed E-state index contributed by atoms with van der Waals surface area (Å²) in [4.78, 5) is 13.4. The maximum absolute atomic E-state index is 13.4. The van der Waals surface area contributed by atoms with Gasteiger partial charge in [-0.2, -0.15) is 0 Å². The van der Waals surface area contributed by atoms with Crippen LogP contribution in [0, 0.1) is 46.3 Å². The van der Waals surface area contributed by atoms with Crippen LogP contribution in [0.1, 0.15) is 72.6 Å². The van der Waals surface area contributed by atoms with Crippen molar-refractivity contribution in [2.45, 2.75) is 78.7 Å². The molecule has 3 saturated carbocycles. The Morgan fingerprint density at radius 2 is 1.76 bits per heavy atom. The predicted molar refractivity (Wildman–Crippen MR) is 129 cm³/mol. The number of aliphatic hydroxyl groups excluding tert-OH is 1. The lowest BCUT2D eigenvalue weighted by Crippen LogP contribution is -2.53. The van der Waals surface area contributed by atoms with Crippen molar-refractivity contribution < 1.29 is 24.1 Å². The van der Waals surface area contributed by atoms with Crippen molar-refractivity contribution >= 4 is 5.78 Å².